The van der Waals surface area contributed by atoms with Crippen molar-refractivity contribution >= 4 is 18.2 Å². The Balaban J connectivity index is 1.43. The van der Waals surface area contributed by atoms with Crippen LogP contribution in [0.25, 0.3) is 0 Å². The fraction of sp³-hybridized carbons (Fsp3) is 0.250. The molecule has 2 aromatic carbocycles. The van der Waals surface area contributed by atoms with Gasteiger partial charge in [-0.15, -0.1) is 0 Å². The third-order valence-electron chi connectivity index (χ3n) is 4.03. The Labute approximate surface area is 161 Å². The van der Waals surface area contributed by atoms with E-state index in [1.165, 1.54) is 0 Å². The first-order chi connectivity index (χ1) is 13.6. The lowest BCUT2D eigenvalue weighted by Gasteiger charge is -2.15. The lowest BCUT2D eigenvalue weighted by atomic mass is 10.1. The molecule has 1 aliphatic rings. The van der Waals surface area contributed by atoms with Gasteiger partial charge in [-0.3, -0.25) is 9.59 Å². The molecule has 0 bridgehead atoms. The van der Waals surface area contributed by atoms with Crippen molar-refractivity contribution in [3.8, 4) is 17.2 Å². The number of aldehydes is 1. The van der Waals surface area contributed by atoms with E-state index in [4.69, 9.17) is 18.9 Å². The standard InChI is InChI=1S/C20H19NO7/c1-13(14-6-7-17-18(8-14)28-12-27-17)21-19(23)10-26-20(24)11-25-16-5-3-2-4-15(16)9-22/h2-9,13H,10-12H2,1H3,(H,21,23)/t13-/m1/s1. The molecule has 3 rings (SSSR count). The van der Waals surface area contributed by atoms with E-state index in [1.807, 2.05) is 6.07 Å². The van der Waals surface area contributed by atoms with Crippen LogP contribution in [-0.4, -0.2) is 38.2 Å². The molecule has 1 N–H and O–H groups in total. The number of benzene rings is 2. The number of esters is 1. The molecule has 0 saturated heterocycles. The number of carbonyl (C=O) groups excluding carboxylic acids is 3. The van der Waals surface area contributed by atoms with E-state index in [0.717, 1.165) is 5.56 Å². The van der Waals surface area contributed by atoms with Crippen molar-refractivity contribution in [1.29, 1.82) is 0 Å². The number of hydrogen-bond donors (Lipinski definition) is 1. The van der Waals surface area contributed by atoms with Crippen molar-refractivity contribution in [1.82, 2.24) is 5.32 Å². The second-order valence-electron chi connectivity index (χ2n) is 6.01. The highest BCUT2D eigenvalue weighted by atomic mass is 16.7. The van der Waals surface area contributed by atoms with Gasteiger partial charge < -0.3 is 24.3 Å². The average molecular weight is 385 g/mol. The smallest absolute Gasteiger partial charge is 0.344 e. The Bertz CT molecular complexity index is 881. The molecule has 28 heavy (non-hydrogen) atoms. The van der Waals surface area contributed by atoms with Crippen LogP contribution in [0.15, 0.2) is 42.5 Å². The van der Waals surface area contributed by atoms with Crippen LogP contribution in [0.2, 0.25) is 0 Å². The monoisotopic (exact) mass is 385 g/mol. The molecule has 0 unspecified atom stereocenters. The van der Waals surface area contributed by atoms with Crippen molar-refractivity contribution in [3.63, 3.8) is 0 Å². The van der Waals surface area contributed by atoms with Crippen LogP contribution in [0, 0.1) is 0 Å². The Kier molecular flexibility index (Phi) is 6.11. The molecule has 0 saturated carbocycles. The minimum atomic E-state index is -0.716. The van der Waals surface area contributed by atoms with Gasteiger partial charge in [0.1, 0.15) is 5.75 Å². The van der Waals surface area contributed by atoms with Crippen LogP contribution >= 0.6 is 0 Å². The maximum atomic E-state index is 12.0. The molecule has 8 nitrogen and oxygen atoms in total. The van der Waals surface area contributed by atoms with Crippen molar-refractivity contribution in [2.24, 2.45) is 0 Å². The summed E-state index contributed by atoms with van der Waals surface area (Å²) in [5, 5.41) is 2.74. The van der Waals surface area contributed by atoms with E-state index in [-0.39, 0.29) is 18.6 Å². The second-order valence-corrected chi connectivity index (χ2v) is 6.01. The predicted octanol–water partition coefficient (Wildman–Crippen LogP) is 2.03. The summed E-state index contributed by atoms with van der Waals surface area (Å²) in [6.07, 6.45) is 0.631. The van der Waals surface area contributed by atoms with Gasteiger partial charge in [0.25, 0.3) is 5.91 Å². The molecule has 2 aromatic rings. The Morgan fingerprint density at radius 2 is 1.93 bits per heavy atom. The van der Waals surface area contributed by atoms with Crippen molar-refractivity contribution in [3.05, 3.63) is 53.6 Å². The Morgan fingerprint density at radius 3 is 2.75 bits per heavy atom. The fourth-order valence-electron chi connectivity index (χ4n) is 2.58. The van der Waals surface area contributed by atoms with Crippen LogP contribution in [-0.2, 0) is 14.3 Å². The first-order valence-electron chi connectivity index (χ1n) is 8.58. The summed E-state index contributed by atoms with van der Waals surface area (Å²) >= 11 is 0. The number of nitrogens with one attached hydrogen (secondary N) is 1. The van der Waals surface area contributed by atoms with Gasteiger partial charge in [0.15, 0.2) is 31.0 Å². The molecule has 1 atom stereocenters. The van der Waals surface area contributed by atoms with Crippen molar-refractivity contribution < 1.29 is 33.3 Å². The van der Waals surface area contributed by atoms with Gasteiger partial charge in [0, 0.05) is 0 Å². The zero-order valence-electron chi connectivity index (χ0n) is 15.2. The molecular weight excluding hydrogens is 366 g/mol. The third kappa shape index (κ3) is 4.79. The van der Waals surface area contributed by atoms with Crippen LogP contribution in [0.5, 0.6) is 17.2 Å². The molecule has 0 aliphatic carbocycles. The molecule has 1 aliphatic heterocycles. The van der Waals surface area contributed by atoms with Gasteiger partial charge in [0.2, 0.25) is 6.79 Å². The van der Waals surface area contributed by atoms with Gasteiger partial charge in [-0.1, -0.05) is 18.2 Å². The van der Waals surface area contributed by atoms with Gasteiger partial charge >= 0.3 is 5.97 Å². The van der Waals surface area contributed by atoms with E-state index in [2.05, 4.69) is 5.32 Å². The number of carbonyl (C=O) groups is 3. The summed E-state index contributed by atoms with van der Waals surface area (Å²) in [4.78, 5) is 34.7. The third-order valence-corrected chi connectivity index (χ3v) is 4.03. The number of fused-ring (bicyclic) bond motifs is 1. The van der Waals surface area contributed by atoms with E-state index < -0.39 is 25.1 Å². The fourth-order valence-corrected chi connectivity index (χ4v) is 2.58. The average Bonchev–Trinajstić information content (AvgIpc) is 3.18. The van der Waals surface area contributed by atoms with Crippen LogP contribution in [0.3, 0.4) is 0 Å². The summed E-state index contributed by atoms with van der Waals surface area (Å²) in [5.74, 6) is 0.388. The van der Waals surface area contributed by atoms with Crippen LogP contribution in [0.1, 0.15) is 28.9 Å². The summed E-state index contributed by atoms with van der Waals surface area (Å²) in [7, 11) is 0. The number of para-hydroxylation sites is 1. The predicted molar refractivity (Wildman–Crippen MR) is 97.4 cm³/mol. The lowest BCUT2D eigenvalue weighted by Crippen LogP contribution is -2.32. The molecule has 146 valence electrons. The highest BCUT2D eigenvalue weighted by Crippen LogP contribution is 2.34. The largest absolute Gasteiger partial charge is 0.481 e. The van der Waals surface area contributed by atoms with E-state index in [9.17, 15) is 14.4 Å². The first-order valence-corrected chi connectivity index (χ1v) is 8.58. The normalized spacial score (nSPS) is 12.8. The molecular formula is C20H19NO7. The molecule has 0 radical (unpaired) electrons. The summed E-state index contributed by atoms with van der Waals surface area (Å²) in [6.45, 7) is 1.13. The molecule has 0 spiro atoms. The molecule has 0 aromatic heterocycles. The molecule has 8 heteroatoms. The van der Waals surface area contributed by atoms with Crippen LogP contribution < -0.4 is 19.5 Å². The number of rotatable bonds is 8. The van der Waals surface area contributed by atoms with Crippen LogP contribution in [0.4, 0.5) is 0 Å². The molecule has 0 fully saturated rings. The summed E-state index contributed by atoms with van der Waals surface area (Å²) in [6, 6.07) is 11.6. The summed E-state index contributed by atoms with van der Waals surface area (Å²) in [5.41, 5.74) is 1.16. The van der Waals surface area contributed by atoms with Crippen molar-refractivity contribution in [2.75, 3.05) is 20.0 Å². The first kappa shape index (κ1) is 19.2. The summed E-state index contributed by atoms with van der Waals surface area (Å²) < 4.78 is 20.7. The number of hydrogen-bond acceptors (Lipinski definition) is 7. The second kappa shape index (κ2) is 8.90. The van der Waals surface area contributed by atoms with E-state index >= 15 is 0 Å². The van der Waals surface area contributed by atoms with E-state index in [1.54, 1.807) is 43.3 Å². The topological polar surface area (TPSA) is 100 Å². The number of amides is 1. The zero-order chi connectivity index (χ0) is 19.9. The maximum Gasteiger partial charge on any atom is 0.344 e. The molecule has 1 heterocycles. The highest BCUT2D eigenvalue weighted by molar-refractivity contribution is 5.82. The number of ether oxygens (including phenoxy) is 4. The van der Waals surface area contributed by atoms with Gasteiger partial charge in [0.05, 0.1) is 11.6 Å². The lowest BCUT2D eigenvalue weighted by molar-refractivity contribution is -0.150. The SMILES string of the molecule is C[C@@H](NC(=O)COC(=O)COc1ccccc1C=O)c1ccc2c(c1)OCO2. The van der Waals surface area contributed by atoms with Gasteiger partial charge in [-0.05, 0) is 36.8 Å². The van der Waals surface area contributed by atoms with E-state index in [0.29, 0.717) is 23.3 Å². The van der Waals surface area contributed by atoms with Gasteiger partial charge in [-0.2, -0.15) is 0 Å². The minimum absolute atomic E-state index is 0.175. The van der Waals surface area contributed by atoms with Crippen molar-refractivity contribution in [2.45, 2.75) is 13.0 Å². The Hall–Kier alpha value is -3.55. The Morgan fingerprint density at radius 1 is 1.14 bits per heavy atom. The quantitative estimate of drug-likeness (QED) is 0.548. The highest BCUT2D eigenvalue weighted by Gasteiger charge is 2.17. The minimum Gasteiger partial charge on any atom is -0.481 e. The molecule has 1 amide bonds. The van der Waals surface area contributed by atoms with Gasteiger partial charge in [-0.25, -0.2) is 4.79 Å². The zero-order valence-corrected chi connectivity index (χ0v) is 15.2. The maximum absolute atomic E-state index is 12.0.